The fourth-order valence-electron chi connectivity index (χ4n) is 4.38. The van der Waals surface area contributed by atoms with E-state index in [1.807, 2.05) is 0 Å². The summed E-state index contributed by atoms with van der Waals surface area (Å²) in [5.74, 6) is 0.529. The molecule has 7 nitrogen and oxygen atoms in total. The number of carbonyl (C=O) groups excluding carboxylic acids is 2. The van der Waals surface area contributed by atoms with E-state index in [9.17, 15) is 9.59 Å². The van der Waals surface area contributed by atoms with Crippen molar-refractivity contribution in [3.8, 4) is 0 Å². The number of benzene rings is 1. The summed E-state index contributed by atoms with van der Waals surface area (Å²) in [6.07, 6.45) is 6.69. The maximum Gasteiger partial charge on any atom is 0.261 e. The van der Waals surface area contributed by atoms with Crippen LogP contribution in [-0.4, -0.2) is 72.4 Å². The molecular weight excluding hydrogens is 505 g/mol. The number of hydrogen-bond acceptors (Lipinski definition) is 4. The lowest BCUT2D eigenvalue weighted by atomic mass is 10.1. The second-order valence-corrected chi connectivity index (χ2v) is 8.46. The van der Waals surface area contributed by atoms with Gasteiger partial charge < -0.3 is 15.5 Å². The molecule has 2 aliphatic heterocycles. The third-order valence-electron chi connectivity index (χ3n) is 6.22. The fraction of sp³-hybridized carbons (Fsp3) is 0.609. The number of amides is 2. The Bertz CT molecular complexity index is 768. The van der Waals surface area contributed by atoms with Crippen LogP contribution in [0.25, 0.3) is 0 Å². The molecule has 0 aromatic heterocycles. The molecule has 3 aliphatic rings. The topological polar surface area (TPSA) is 77.0 Å². The second kappa shape index (κ2) is 11.3. The molecule has 1 aromatic carbocycles. The predicted octanol–water partition coefficient (Wildman–Crippen LogP) is 2.86. The molecule has 4 rings (SSSR count). The van der Waals surface area contributed by atoms with Gasteiger partial charge >= 0.3 is 0 Å². The standard InChI is InChI=1S/C23H33N5O2.HI/c1-2-24-23(26-17-11-15-27(16-12-17)18-9-10-18)25-13-5-6-14-28-21(29)19-7-3-4-8-20(19)22(28)30;/h3-4,7-8,17-18H,2,5-6,9-16H2,1H3,(H2,24,25,26);1H. The summed E-state index contributed by atoms with van der Waals surface area (Å²) < 4.78 is 0. The number of likely N-dealkylation sites (tertiary alicyclic amines) is 1. The Labute approximate surface area is 202 Å². The van der Waals surface area contributed by atoms with Gasteiger partial charge in [-0.15, -0.1) is 24.0 Å². The van der Waals surface area contributed by atoms with E-state index in [0.29, 0.717) is 30.3 Å². The van der Waals surface area contributed by atoms with E-state index in [1.54, 1.807) is 24.3 Å². The molecule has 0 bridgehead atoms. The number of hydrogen-bond donors (Lipinski definition) is 2. The van der Waals surface area contributed by atoms with Crippen molar-refractivity contribution in [2.24, 2.45) is 4.99 Å². The fourth-order valence-corrected chi connectivity index (χ4v) is 4.38. The van der Waals surface area contributed by atoms with Gasteiger partial charge in [-0.2, -0.15) is 0 Å². The van der Waals surface area contributed by atoms with E-state index in [4.69, 9.17) is 4.99 Å². The number of halogens is 1. The lowest BCUT2D eigenvalue weighted by Crippen LogP contribution is -2.49. The van der Waals surface area contributed by atoms with Gasteiger partial charge in [-0.25, -0.2) is 0 Å². The largest absolute Gasteiger partial charge is 0.357 e. The quantitative estimate of drug-likeness (QED) is 0.175. The van der Waals surface area contributed by atoms with Crippen LogP contribution < -0.4 is 10.6 Å². The van der Waals surface area contributed by atoms with Crippen LogP contribution in [0.15, 0.2) is 29.3 Å². The van der Waals surface area contributed by atoms with Crippen LogP contribution in [0.2, 0.25) is 0 Å². The number of rotatable bonds is 8. The smallest absolute Gasteiger partial charge is 0.261 e. The van der Waals surface area contributed by atoms with Gasteiger partial charge in [0.05, 0.1) is 11.1 Å². The van der Waals surface area contributed by atoms with Crippen LogP contribution in [0.1, 0.15) is 66.2 Å². The maximum absolute atomic E-state index is 12.4. The predicted molar refractivity (Wildman–Crippen MR) is 133 cm³/mol. The van der Waals surface area contributed by atoms with Gasteiger partial charge in [0.15, 0.2) is 5.96 Å². The van der Waals surface area contributed by atoms with Gasteiger partial charge in [-0.05, 0) is 57.6 Å². The summed E-state index contributed by atoms with van der Waals surface area (Å²) in [6, 6.07) is 8.39. The molecule has 1 saturated carbocycles. The first-order chi connectivity index (χ1) is 14.7. The number of unbranched alkanes of at least 4 members (excludes halogenated alkanes) is 1. The van der Waals surface area contributed by atoms with Crippen molar-refractivity contribution in [1.82, 2.24) is 20.4 Å². The zero-order valence-electron chi connectivity index (χ0n) is 18.3. The first-order valence-corrected chi connectivity index (χ1v) is 11.4. The van der Waals surface area contributed by atoms with E-state index >= 15 is 0 Å². The van der Waals surface area contributed by atoms with Crippen LogP contribution >= 0.6 is 24.0 Å². The Morgan fingerprint density at radius 1 is 1.03 bits per heavy atom. The van der Waals surface area contributed by atoms with Gasteiger partial charge in [-0.3, -0.25) is 19.5 Å². The van der Waals surface area contributed by atoms with E-state index in [1.165, 1.54) is 43.7 Å². The van der Waals surface area contributed by atoms with Crippen molar-refractivity contribution in [2.75, 3.05) is 32.7 Å². The number of nitrogens with zero attached hydrogens (tertiary/aromatic N) is 3. The lowest BCUT2D eigenvalue weighted by molar-refractivity contribution is 0.0652. The Morgan fingerprint density at radius 3 is 2.26 bits per heavy atom. The molecular formula is C23H34IN5O2. The molecule has 2 heterocycles. The molecule has 2 N–H and O–H groups in total. The van der Waals surface area contributed by atoms with Crippen LogP contribution in [0.5, 0.6) is 0 Å². The normalized spacial score (nSPS) is 19.9. The highest BCUT2D eigenvalue weighted by atomic mass is 127. The number of guanidine groups is 1. The molecule has 1 saturated heterocycles. The number of piperidine rings is 1. The van der Waals surface area contributed by atoms with Gasteiger partial charge in [0.1, 0.15) is 0 Å². The van der Waals surface area contributed by atoms with Crippen LogP contribution in [0.4, 0.5) is 0 Å². The minimum absolute atomic E-state index is 0. The first kappa shape index (κ1) is 24.0. The summed E-state index contributed by atoms with van der Waals surface area (Å²) in [4.78, 5) is 33.5. The molecule has 31 heavy (non-hydrogen) atoms. The molecule has 170 valence electrons. The molecule has 2 fully saturated rings. The Hall–Kier alpha value is -1.68. The zero-order valence-corrected chi connectivity index (χ0v) is 20.6. The average Bonchev–Trinajstić information content (AvgIpc) is 3.58. The Morgan fingerprint density at radius 2 is 1.68 bits per heavy atom. The van der Waals surface area contributed by atoms with Crippen molar-refractivity contribution >= 4 is 41.8 Å². The van der Waals surface area contributed by atoms with Crippen molar-refractivity contribution in [3.63, 3.8) is 0 Å². The number of imide groups is 1. The average molecular weight is 539 g/mol. The summed E-state index contributed by atoms with van der Waals surface area (Å²) in [7, 11) is 0. The van der Waals surface area contributed by atoms with E-state index < -0.39 is 0 Å². The molecule has 8 heteroatoms. The lowest BCUT2D eigenvalue weighted by Gasteiger charge is -2.33. The van der Waals surface area contributed by atoms with E-state index in [2.05, 4.69) is 22.5 Å². The van der Waals surface area contributed by atoms with Gasteiger partial charge in [0, 0.05) is 44.8 Å². The SMILES string of the molecule is CCNC(=NCCCCN1C(=O)c2ccccc2C1=O)NC1CCN(C2CC2)CC1.I. The second-order valence-electron chi connectivity index (χ2n) is 8.46. The van der Waals surface area contributed by atoms with Crippen molar-refractivity contribution in [2.45, 2.75) is 57.5 Å². The molecule has 0 unspecified atom stereocenters. The first-order valence-electron chi connectivity index (χ1n) is 11.4. The highest BCUT2D eigenvalue weighted by Crippen LogP contribution is 2.29. The van der Waals surface area contributed by atoms with Crippen molar-refractivity contribution in [3.05, 3.63) is 35.4 Å². The van der Waals surface area contributed by atoms with E-state index in [0.717, 1.165) is 31.4 Å². The van der Waals surface area contributed by atoms with Gasteiger partial charge in [0.2, 0.25) is 0 Å². The van der Waals surface area contributed by atoms with Crippen molar-refractivity contribution in [1.29, 1.82) is 0 Å². The molecule has 0 atom stereocenters. The molecule has 1 aromatic rings. The summed E-state index contributed by atoms with van der Waals surface area (Å²) in [5.41, 5.74) is 1.04. The van der Waals surface area contributed by atoms with Crippen LogP contribution in [0.3, 0.4) is 0 Å². The number of carbonyl (C=O) groups is 2. The summed E-state index contributed by atoms with van der Waals surface area (Å²) >= 11 is 0. The van der Waals surface area contributed by atoms with Gasteiger partial charge in [0.25, 0.3) is 11.8 Å². The zero-order chi connectivity index (χ0) is 20.9. The Balaban J connectivity index is 0.00000272. The number of nitrogens with one attached hydrogen (secondary N) is 2. The van der Waals surface area contributed by atoms with E-state index in [-0.39, 0.29) is 35.8 Å². The number of fused-ring (bicyclic) bond motifs is 1. The molecule has 0 radical (unpaired) electrons. The summed E-state index contributed by atoms with van der Waals surface area (Å²) in [5, 5.41) is 6.93. The third kappa shape index (κ3) is 5.97. The van der Waals surface area contributed by atoms with Gasteiger partial charge in [-0.1, -0.05) is 12.1 Å². The minimum Gasteiger partial charge on any atom is -0.357 e. The Kier molecular flexibility index (Phi) is 8.71. The molecule has 0 spiro atoms. The highest BCUT2D eigenvalue weighted by Gasteiger charge is 2.34. The highest BCUT2D eigenvalue weighted by molar-refractivity contribution is 14.0. The maximum atomic E-state index is 12.4. The molecule has 1 aliphatic carbocycles. The number of aliphatic imine (C=N–C) groups is 1. The monoisotopic (exact) mass is 539 g/mol. The molecule has 2 amide bonds. The third-order valence-corrected chi connectivity index (χ3v) is 6.22. The van der Waals surface area contributed by atoms with Crippen molar-refractivity contribution < 1.29 is 9.59 Å². The summed E-state index contributed by atoms with van der Waals surface area (Å²) in [6.45, 7) is 6.41. The van der Waals surface area contributed by atoms with Crippen LogP contribution in [0, 0.1) is 0 Å². The van der Waals surface area contributed by atoms with Crippen LogP contribution in [-0.2, 0) is 0 Å². The minimum atomic E-state index is -0.174.